The minimum atomic E-state index is -0.209. The molecule has 1 aromatic heterocycles. The first-order valence-corrected chi connectivity index (χ1v) is 12.1. The van der Waals surface area contributed by atoms with Gasteiger partial charge in [0.2, 0.25) is 0 Å². The third-order valence-corrected chi connectivity index (χ3v) is 7.03. The molecule has 2 atom stereocenters. The molecule has 3 N–H and O–H groups in total. The van der Waals surface area contributed by atoms with E-state index in [-0.39, 0.29) is 18.1 Å². The fraction of sp³-hybridized carbons (Fsp3) is 0.200. The highest BCUT2D eigenvalue weighted by atomic mass is 16.5. The molecule has 0 spiro atoms. The van der Waals surface area contributed by atoms with E-state index in [9.17, 15) is 4.79 Å². The number of nitrogens with one attached hydrogen (secondary N) is 1. The first kappa shape index (κ1) is 22.3. The van der Waals surface area contributed by atoms with E-state index in [0.717, 1.165) is 56.1 Å². The highest BCUT2D eigenvalue weighted by molar-refractivity contribution is 5.94. The number of hydrogen-bond acceptors (Lipinski definition) is 5. The summed E-state index contributed by atoms with van der Waals surface area (Å²) < 4.78 is 12.4. The van der Waals surface area contributed by atoms with Crippen LogP contribution in [0.15, 0.2) is 66.7 Å². The molecule has 6 heteroatoms. The Labute approximate surface area is 210 Å². The van der Waals surface area contributed by atoms with Gasteiger partial charge in [-0.05, 0) is 102 Å². The largest absolute Gasteiger partial charge is 0.457 e. The van der Waals surface area contributed by atoms with Crippen molar-refractivity contribution in [2.75, 3.05) is 5.73 Å². The van der Waals surface area contributed by atoms with Crippen molar-refractivity contribution in [1.29, 1.82) is 0 Å². The third kappa shape index (κ3) is 3.80. The summed E-state index contributed by atoms with van der Waals surface area (Å²) in [6.07, 6.45) is -0.323. The fourth-order valence-corrected chi connectivity index (χ4v) is 5.27. The molecule has 3 heterocycles. The Balaban J connectivity index is 1.22. The number of aryl methyl sites for hydroxylation is 3. The number of nitrogens with two attached hydrogens (primary N) is 1. The number of fused-ring (bicyclic) bond motifs is 8. The maximum Gasteiger partial charge on any atom is 0.251 e. The van der Waals surface area contributed by atoms with Crippen LogP contribution in [-0.4, -0.2) is 10.9 Å². The summed E-state index contributed by atoms with van der Waals surface area (Å²) in [7, 11) is 0. The third-order valence-electron chi connectivity index (χ3n) is 7.03. The van der Waals surface area contributed by atoms with Crippen molar-refractivity contribution >= 4 is 11.7 Å². The summed E-state index contributed by atoms with van der Waals surface area (Å²) >= 11 is 0. The average molecular weight is 478 g/mol. The van der Waals surface area contributed by atoms with E-state index < -0.39 is 0 Å². The minimum Gasteiger partial charge on any atom is -0.457 e. The normalized spacial score (nSPS) is 17.0. The molecule has 36 heavy (non-hydrogen) atoms. The Bertz CT molecular complexity index is 1510. The minimum absolute atomic E-state index is 0.115. The first-order chi connectivity index (χ1) is 17.4. The SMILES string of the molecule is Cc1cccc(Oc2ccc3c(c2)C2OC3c3ccc(C(=O)NCc4c(C)cc(N)nc4C)cc32)c1. The highest BCUT2D eigenvalue weighted by Crippen LogP contribution is 2.55. The number of rotatable bonds is 5. The Kier molecular flexibility index (Phi) is 5.27. The van der Waals surface area contributed by atoms with Crippen LogP contribution < -0.4 is 15.8 Å². The van der Waals surface area contributed by atoms with Crippen LogP contribution in [0.1, 0.15) is 67.2 Å². The molecular formula is C30H27N3O3. The van der Waals surface area contributed by atoms with Gasteiger partial charge in [0.25, 0.3) is 5.91 Å². The molecule has 6 rings (SSSR count). The molecule has 2 aliphatic rings. The lowest BCUT2D eigenvalue weighted by atomic mass is 9.85. The second-order valence-electron chi connectivity index (χ2n) is 9.56. The van der Waals surface area contributed by atoms with E-state index in [4.69, 9.17) is 15.2 Å². The Morgan fingerprint density at radius 3 is 2.42 bits per heavy atom. The summed E-state index contributed by atoms with van der Waals surface area (Å²) in [4.78, 5) is 17.3. The monoisotopic (exact) mass is 477 g/mol. The maximum atomic E-state index is 13.0. The van der Waals surface area contributed by atoms with Gasteiger partial charge in [-0.15, -0.1) is 0 Å². The van der Waals surface area contributed by atoms with Crippen LogP contribution in [0.25, 0.3) is 0 Å². The summed E-state index contributed by atoms with van der Waals surface area (Å²) in [6, 6.07) is 21.8. The number of carbonyl (C=O) groups is 1. The van der Waals surface area contributed by atoms with Gasteiger partial charge < -0.3 is 20.5 Å². The van der Waals surface area contributed by atoms with Gasteiger partial charge in [0, 0.05) is 17.8 Å². The van der Waals surface area contributed by atoms with Crippen molar-refractivity contribution in [3.05, 3.63) is 117 Å². The van der Waals surface area contributed by atoms with E-state index >= 15 is 0 Å². The molecule has 1 amide bonds. The molecule has 4 aromatic rings. The predicted octanol–water partition coefficient (Wildman–Crippen LogP) is 5.83. The van der Waals surface area contributed by atoms with Gasteiger partial charge in [0.1, 0.15) is 29.5 Å². The zero-order valence-electron chi connectivity index (χ0n) is 20.5. The van der Waals surface area contributed by atoms with Crippen molar-refractivity contribution < 1.29 is 14.3 Å². The van der Waals surface area contributed by atoms with Crippen molar-refractivity contribution in [3.8, 4) is 11.5 Å². The molecule has 2 unspecified atom stereocenters. The number of nitrogens with zero attached hydrogens (tertiary/aromatic N) is 1. The topological polar surface area (TPSA) is 86.5 Å². The van der Waals surface area contributed by atoms with E-state index in [0.29, 0.717) is 17.9 Å². The molecule has 2 bridgehead atoms. The summed E-state index contributed by atoms with van der Waals surface area (Å²) in [5, 5.41) is 3.03. The van der Waals surface area contributed by atoms with Gasteiger partial charge in [-0.25, -0.2) is 4.98 Å². The molecule has 0 saturated carbocycles. The Morgan fingerprint density at radius 1 is 0.917 bits per heavy atom. The predicted molar refractivity (Wildman–Crippen MR) is 138 cm³/mol. The number of benzene rings is 3. The van der Waals surface area contributed by atoms with Crippen molar-refractivity contribution in [1.82, 2.24) is 10.3 Å². The Morgan fingerprint density at radius 2 is 1.64 bits per heavy atom. The number of amides is 1. The van der Waals surface area contributed by atoms with Crippen LogP contribution >= 0.6 is 0 Å². The van der Waals surface area contributed by atoms with Gasteiger partial charge in [-0.1, -0.05) is 24.3 Å². The molecule has 6 nitrogen and oxygen atoms in total. The van der Waals surface area contributed by atoms with Gasteiger partial charge >= 0.3 is 0 Å². The van der Waals surface area contributed by atoms with Crippen LogP contribution in [0.4, 0.5) is 5.82 Å². The zero-order chi connectivity index (χ0) is 25.0. The highest BCUT2D eigenvalue weighted by Gasteiger charge is 2.43. The lowest BCUT2D eigenvalue weighted by Gasteiger charge is -2.18. The second-order valence-corrected chi connectivity index (χ2v) is 9.56. The second kappa shape index (κ2) is 8.50. The zero-order valence-corrected chi connectivity index (χ0v) is 20.5. The molecule has 0 fully saturated rings. The van der Waals surface area contributed by atoms with Crippen LogP contribution in [0.5, 0.6) is 11.5 Å². The molecule has 180 valence electrons. The van der Waals surface area contributed by atoms with Gasteiger partial charge in [0.15, 0.2) is 0 Å². The molecule has 3 aromatic carbocycles. The van der Waals surface area contributed by atoms with Crippen LogP contribution in [0.3, 0.4) is 0 Å². The number of anilines is 1. The number of pyridine rings is 1. The smallest absolute Gasteiger partial charge is 0.251 e. The summed E-state index contributed by atoms with van der Waals surface area (Å²) in [6.45, 7) is 6.32. The lowest BCUT2D eigenvalue weighted by Crippen LogP contribution is -2.24. The number of ether oxygens (including phenoxy) is 2. The average Bonchev–Trinajstić information content (AvgIpc) is 3.40. The fourth-order valence-electron chi connectivity index (χ4n) is 5.27. The van der Waals surface area contributed by atoms with E-state index in [1.165, 1.54) is 0 Å². The van der Waals surface area contributed by atoms with Crippen LogP contribution in [-0.2, 0) is 11.3 Å². The maximum absolute atomic E-state index is 13.0. The molecule has 2 aliphatic heterocycles. The lowest BCUT2D eigenvalue weighted by molar-refractivity contribution is 0.0857. The molecule has 0 aliphatic carbocycles. The standard InChI is InChI=1S/C30H27N3O3/c1-16-5-4-6-20(11-16)35-21-8-10-23-25(14-21)29-24-13-19(7-9-22(24)28(23)36-29)30(34)32-15-26-17(2)12-27(31)33-18(26)3/h4-14,28-29H,15H2,1-3H3,(H2,31,33)(H,32,34). The number of nitrogen functional groups attached to an aromatic ring is 1. The van der Waals surface area contributed by atoms with Crippen molar-refractivity contribution in [2.45, 2.75) is 39.5 Å². The van der Waals surface area contributed by atoms with Gasteiger partial charge in [0.05, 0.1) is 0 Å². The van der Waals surface area contributed by atoms with Crippen molar-refractivity contribution in [2.24, 2.45) is 0 Å². The van der Waals surface area contributed by atoms with Crippen LogP contribution in [0, 0.1) is 20.8 Å². The van der Waals surface area contributed by atoms with Gasteiger partial charge in [-0.3, -0.25) is 4.79 Å². The molecule has 0 radical (unpaired) electrons. The van der Waals surface area contributed by atoms with E-state index in [1.54, 1.807) is 0 Å². The Hall–Kier alpha value is -4.16. The van der Waals surface area contributed by atoms with E-state index in [2.05, 4.69) is 22.4 Å². The van der Waals surface area contributed by atoms with Gasteiger partial charge in [-0.2, -0.15) is 0 Å². The first-order valence-electron chi connectivity index (χ1n) is 12.1. The quantitative estimate of drug-likeness (QED) is 0.377. The summed E-state index contributed by atoms with van der Waals surface area (Å²) in [5.74, 6) is 1.93. The van der Waals surface area contributed by atoms with Crippen LogP contribution in [0.2, 0.25) is 0 Å². The van der Waals surface area contributed by atoms with E-state index in [1.807, 2.05) is 75.4 Å². The summed E-state index contributed by atoms with van der Waals surface area (Å²) in [5.41, 5.74) is 14.8. The molecule has 0 saturated heterocycles. The number of carbonyl (C=O) groups excluding carboxylic acids is 1. The van der Waals surface area contributed by atoms with Crippen molar-refractivity contribution in [3.63, 3.8) is 0 Å². The molecular weight excluding hydrogens is 450 g/mol. The number of aromatic nitrogens is 1. The number of hydrogen-bond donors (Lipinski definition) is 2.